The van der Waals surface area contributed by atoms with Crippen LogP contribution >= 0.6 is 0 Å². The maximum absolute atomic E-state index is 14.5. The summed E-state index contributed by atoms with van der Waals surface area (Å²) in [4.78, 5) is 65.6. The summed E-state index contributed by atoms with van der Waals surface area (Å²) in [5.74, 6) is -4.54. The van der Waals surface area contributed by atoms with Gasteiger partial charge in [-0.2, -0.15) is 0 Å². The molecule has 41 heavy (non-hydrogen) atoms. The van der Waals surface area contributed by atoms with Crippen LogP contribution in [0, 0.1) is 5.82 Å². The molecular formula is C27H27FN4O9. The second-order valence-electron chi connectivity index (χ2n) is 9.01. The number of ether oxygens (including phenoxy) is 3. The van der Waals surface area contributed by atoms with Crippen molar-refractivity contribution < 1.29 is 42.3 Å². The monoisotopic (exact) mass is 570 g/mol. The minimum absolute atomic E-state index is 0.0108. The van der Waals surface area contributed by atoms with Gasteiger partial charge in [-0.15, -0.1) is 0 Å². The van der Waals surface area contributed by atoms with Gasteiger partial charge in [-0.3, -0.25) is 23.9 Å². The zero-order chi connectivity index (χ0) is 29.5. The Balaban J connectivity index is 1.52. The number of aromatic amines is 1. The van der Waals surface area contributed by atoms with E-state index < -0.39 is 47.5 Å². The molecule has 4 rings (SSSR count). The van der Waals surface area contributed by atoms with Crippen LogP contribution in [0.15, 0.2) is 51.8 Å². The van der Waals surface area contributed by atoms with Crippen molar-refractivity contribution in [3.05, 3.63) is 64.4 Å². The summed E-state index contributed by atoms with van der Waals surface area (Å²) in [6.45, 7) is 3.09. The number of unbranched alkanes of at least 4 members (excludes halogenated alkanes) is 1. The summed E-state index contributed by atoms with van der Waals surface area (Å²) in [6, 6.07) is 9.45. The van der Waals surface area contributed by atoms with Crippen LogP contribution in [0.4, 0.5) is 15.8 Å². The van der Waals surface area contributed by atoms with E-state index in [0.717, 1.165) is 30.4 Å². The molecule has 0 aliphatic carbocycles. The largest absolute Gasteiger partial charge is 0.462 e. The molecule has 2 heterocycles. The predicted molar refractivity (Wildman–Crippen MR) is 140 cm³/mol. The lowest BCUT2D eigenvalue weighted by Crippen LogP contribution is -2.56. The number of amides is 2. The molecule has 0 saturated carbocycles. The van der Waals surface area contributed by atoms with Crippen molar-refractivity contribution in [2.24, 2.45) is 0 Å². The highest BCUT2D eigenvalue weighted by atomic mass is 19.1. The van der Waals surface area contributed by atoms with Gasteiger partial charge in [-0.25, -0.2) is 14.0 Å². The number of H-pyrrole nitrogens is 1. The molecule has 2 aromatic carbocycles. The molecule has 216 valence electrons. The Morgan fingerprint density at radius 2 is 1.95 bits per heavy atom. The fourth-order valence-electron chi connectivity index (χ4n) is 4.03. The molecule has 1 saturated heterocycles. The van der Waals surface area contributed by atoms with E-state index in [4.69, 9.17) is 14.2 Å². The summed E-state index contributed by atoms with van der Waals surface area (Å²) in [5, 5.41) is 6.14. The summed E-state index contributed by atoms with van der Waals surface area (Å²) in [6.07, 6.45) is -1.81. The van der Waals surface area contributed by atoms with Crippen LogP contribution in [-0.2, 0) is 28.6 Å². The van der Waals surface area contributed by atoms with E-state index in [0.29, 0.717) is 12.0 Å². The Labute approximate surface area is 232 Å². The number of carbonyl (C=O) groups excluding carboxylic acids is 4. The molecule has 2 amide bonds. The van der Waals surface area contributed by atoms with Crippen molar-refractivity contribution in [1.82, 2.24) is 10.1 Å². The Hall–Kier alpha value is -4.85. The second kappa shape index (κ2) is 13.0. The molecule has 0 spiro atoms. The van der Waals surface area contributed by atoms with Gasteiger partial charge in [-0.1, -0.05) is 18.5 Å². The number of hydrogen-bond acceptors (Lipinski definition) is 10. The van der Waals surface area contributed by atoms with E-state index in [2.05, 4.69) is 20.0 Å². The highest BCUT2D eigenvalue weighted by Gasteiger charge is 2.42. The lowest BCUT2D eigenvalue weighted by atomic mass is 10.1. The number of esters is 2. The zero-order valence-corrected chi connectivity index (χ0v) is 22.2. The summed E-state index contributed by atoms with van der Waals surface area (Å²) >= 11 is 0. The number of nitrogens with zero attached hydrogens (tertiary/aromatic N) is 2. The van der Waals surface area contributed by atoms with Crippen LogP contribution in [0.2, 0.25) is 0 Å². The fraction of sp³-hybridized carbons (Fsp3) is 0.333. The number of nitrogens with one attached hydrogen (secondary N) is 2. The molecular weight excluding hydrogens is 543 g/mol. The first-order valence-corrected chi connectivity index (χ1v) is 12.7. The first-order valence-electron chi connectivity index (χ1n) is 12.7. The van der Waals surface area contributed by atoms with E-state index in [-0.39, 0.29) is 42.5 Å². The second-order valence-corrected chi connectivity index (χ2v) is 9.01. The number of morpholine rings is 1. The normalized spacial score (nSPS) is 15.7. The Morgan fingerprint density at radius 3 is 2.61 bits per heavy atom. The molecule has 0 bridgehead atoms. The smallest absolute Gasteiger partial charge is 0.439 e. The highest BCUT2D eigenvalue weighted by Crippen LogP contribution is 2.25. The number of hydrogen-bond donors (Lipinski definition) is 2. The van der Waals surface area contributed by atoms with E-state index in [1.807, 2.05) is 6.92 Å². The van der Waals surface area contributed by atoms with Gasteiger partial charge in [0.2, 0.25) is 6.10 Å². The SMILES string of the molecule is CCCCOC(=O)c1cc(F)cc(N2CCO[C@H]([C@@H](OC(C)=O)C(=O)Nc3ccc(-c4noc(=O)[nH]4)cc3)C2=O)c1. The number of carbonyl (C=O) groups is 4. The van der Waals surface area contributed by atoms with Gasteiger partial charge in [0, 0.05) is 30.4 Å². The standard InChI is InChI=1S/C27H27FN4O9/c1-3-4-10-39-26(36)17-12-18(28)14-20(13-17)32-9-11-38-22(25(32)35)21(40-15(2)33)24(34)29-19-7-5-16(6-8-19)23-30-27(37)41-31-23/h5-8,12-14,21-22H,3-4,9-11H2,1-2H3,(H,29,34)(H,30,31,37)/t21-,22-/m1/s1. The third-order valence-electron chi connectivity index (χ3n) is 5.98. The molecule has 1 fully saturated rings. The Morgan fingerprint density at radius 1 is 1.20 bits per heavy atom. The lowest BCUT2D eigenvalue weighted by Gasteiger charge is -2.35. The van der Waals surface area contributed by atoms with E-state index in [9.17, 15) is 28.4 Å². The minimum Gasteiger partial charge on any atom is -0.462 e. The van der Waals surface area contributed by atoms with Gasteiger partial charge in [-0.05, 0) is 48.9 Å². The predicted octanol–water partition coefficient (Wildman–Crippen LogP) is 2.43. The van der Waals surface area contributed by atoms with Crippen molar-refractivity contribution in [3.8, 4) is 11.4 Å². The maximum atomic E-state index is 14.5. The first-order chi connectivity index (χ1) is 19.7. The van der Waals surface area contributed by atoms with Crippen LogP contribution in [0.1, 0.15) is 37.0 Å². The molecule has 2 atom stereocenters. The molecule has 1 aromatic heterocycles. The summed E-state index contributed by atoms with van der Waals surface area (Å²) < 4.78 is 34.8. The number of halogens is 1. The van der Waals surface area contributed by atoms with Gasteiger partial charge in [0.15, 0.2) is 11.9 Å². The van der Waals surface area contributed by atoms with Gasteiger partial charge in [0.05, 0.1) is 18.8 Å². The lowest BCUT2D eigenvalue weighted by molar-refractivity contribution is -0.167. The minimum atomic E-state index is -1.69. The topological polar surface area (TPSA) is 170 Å². The van der Waals surface area contributed by atoms with Crippen LogP contribution < -0.4 is 16.0 Å². The van der Waals surface area contributed by atoms with Crippen LogP contribution in [0.5, 0.6) is 0 Å². The van der Waals surface area contributed by atoms with Gasteiger partial charge in [0.1, 0.15) is 5.82 Å². The zero-order valence-electron chi connectivity index (χ0n) is 22.2. The number of aromatic nitrogens is 2. The first kappa shape index (κ1) is 29.1. The molecule has 0 unspecified atom stereocenters. The van der Waals surface area contributed by atoms with Crippen molar-refractivity contribution >= 4 is 35.1 Å². The number of rotatable bonds is 10. The van der Waals surface area contributed by atoms with E-state index in [1.165, 1.54) is 18.2 Å². The molecule has 3 aromatic rings. The summed E-state index contributed by atoms with van der Waals surface area (Å²) in [5.41, 5.74) is 0.738. The number of benzene rings is 2. The average molecular weight is 571 g/mol. The number of anilines is 2. The van der Waals surface area contributed by atoms with Crippen molar-refractivity contribution in [1.29, 1.82) is 0 Å². The fourth-order valence-corrected chi connectivity index (χ4v) is 4.03. The van der Waals surface area contributed by atoms with Crippen molar-refractivity contribution in [3.63, 3.8) is 0 Å². The molecule has 14 heteroatoms. The van der Waals surface area contributed by atoms with Crippen molar-refractivity contribution in [2.45, 2.75) is 38.9 Å². The molecule has 0 radical (unpaired) electrons. The average Bonchev–Trinajstić information content (AvgIpc) is 3.38. The van der Waals surface area contributed by atoms with Crippen LogP contribution in [-0.4, -0.2) is 65.9 Å². The maximum Gasteiger partial charge on any atom is 0.439 e. The third-order valence-corrected chi connectivity index (χ3v) is 5.98. The Bertz CT molecular complexity index is 1480. The van der Waals surface area contributed by atoms with Crippen LogP contribution in [0.3, 0.4) is 0 Å². The van der Waals surface area contributed by atoms with E-state index >= 15 is 0 Å². The quantitative estimate of drug-likeness (QED) is 0.273. The van der Waals surface area contributed by atoms with Gasteiger partial charge >= 0.3 is 17.7 Å². The molecule has 13 nitrogen and oxygen atoms in total. The molecule has 2 N–H and O–H groups in total. The highest BCUT2D eigenvalue weighted by molar-refractivity contribution is 6.05. The van der Waals surface area contributed by atoms with Crippen molar-refractivity contribution in [2.75, 3.05) is 30.0 Å². The molecule has 1 aliphatic rings. The van der Waals surface area contributed by atoms with Crippen LogP contribution in [0.25, 0.3) is 11.4 Å². The van der Waals surface area contributed by atoms with E-state index in [1.54, 1.807) is 12.1 Å². The van der Waals surface area contributed by atoms with Gasteiger partial charge in [0.25, 0.3) is 11.8 Å². The summed E-state index contributed by atoms with van der Waals surface area (Å²) in [7, 11) is 0. The molecule has 1 aliphatic heterocycles. The Kier molecular flexibility index (Phi) is 9.24. The third kappa shape index (κ3) is 7.22. The van der Waals surface area contributed by atoms with Gasteiger partial charge < -0.3 is 24.4 Å².